The molecule has 3 rings (SSSR count). The van der Waals surface area contributed by atoms with Gasteiger partial charge in [-0.15, -0.1) is 0 Å². The smallest absolute Gasteiger partial charge is 0.294 e. The van der Waals surface area contributed by atoms with Crippen LogP contribution in [0.2, 0.25) is 0 Å². The highest BCUT2D eigenvalue weighted by atomic mass is 16.3. The Balaban J connectivity index is 2.06. The minimum atomic E-state index is -0.742. The lowest BCUT2D eigenvalue weighted by Crippen LogP contribution is -2.30. The quantitative estimate of drug-likeness (QED) is 0.849. The fourth-order valence-electron chi connectivity index (χ4n) is 2.31. The molecule has 1 fully saturated rings. The highest BCUT2D eigenvalue weighted by Gasteiger charge is 2.25. The van der Waals surface area contributed by atoms with Gasteiger partial charge in [-0.3, -0.25) is 14.6 Å². The molecule has 2 aromatic heterocycles. The van der Waals surface area contributed by atoms with E-state index in [4.69, 9.17) is 0 Å². The molecule has 0 spiro atoms. The molecule has 0 aliphatic carbocycles. The standard InChI is InChI=1S/C14H14N4O3/c19-11-10(14(21)18-7-3-4-8-18)16-12(17-13(11)20)9-5-1-2-6-15-9/h1-2,5-6,19H,3-4,7-8H2,(H,16,17,20). The first kappa shape index (κ1) is 13.3. The topological polar surface area (TPSA) is 99.2 Å². The molecule has 1 amide bonds. The predicted octanol–water partition coefficient (Wildman–Crippen LogP) is 0.773. The van der Waals surface area contributed by atoms with Crippen molar-refractivity contribution in [3.8, 4) is 17.3 Å². The van der Waals surface area contributed by atoms with Crippen molar-refractivity contribution in [2.24, 2.45) is 0 Å². The van der Waals surface area contributed by atoms with Gasteiger partial charge < -0.3 is 15.0 Å². The molecule has 2 aromatic rings. The average Bonchev–Trinajstić information content (AvgIpc) is 3.04. The summed E-state index contributed by atoms with van der Waals surface area (Å²) >= 11 is 0. The van der Waals surface area contributed by atoms with Crippen molar-refractivity contribution in [1.29, 1.82) is 0 Å². The highest BCUT2D eigenvalue weighted by molar-refractivity contribution is 5.95. The SMILES string of the molecule is O=C(c1nc(-c2ccccn2)[nH]c(=O)c1O)N1CCCC1. The summed E-state index contributed by atoms with van der Waals surface area (Å²) < 4.78 is 0. The Kier molecular flexibility index (Phi) is 3.39. The van der Waals surface area contributed by atoms with Crippen LogP contribution in [0.1, 0.15) is 23.3 Å². The Hall–Kier alpha value is -2.70. The second kappa shape index (κ2) is 5.35. The van der Waals surface area contributed by atoms with Crippen LogP contribution in [0.4, 0.5) is 0 Å². The summed E-state index contributed by atoms with van der Waals surface area (Å²) in [5.41, 5.74) is -0.528. The fourth-order valence-corrected chi connectivity index (χ4v) is 2.31. The average molecular weight is 286 g/mol. The van der Waals surface area contributed by atoms with Gasteiger partial charge in [0.25, 0.3) is 11.5 Å². The Morgan fingerprint density at radius 2 is 2.05 bits per heavy atom. The number of rotatable bonds is 2. The molecule has 7 nitrogen and oxygen atoms in total. The van der Waals surface area contributed by atoms with Gasteiger partial charge in [0.2, 0.25) is 5.75 Å². The van der Waals surface area contributed by atoms with Gasteiger partial charge in [0, 0.05) is 19.3 Å². The highest BCUT2D eigenvalue weighted by Crippen LogP contribution is 2.18. The first-order valence-corrected chi connectivity index (χ1v) is 6.71. The van der Waals surface area contributed by atoms with E-state index in [9.17, 15) is 14.7 Å². The van der Waals surface area contributed by atoms with Crippen molar-refractivity contribution >= 4 is 5.91 Å². The molecule has 7 heteroatoms. The van der Waals surface area contributed by atoms with E-state index >= 15 is 0 Å². The van der Waals surface area contributed by atoms with Gasteiger partial charge in [0.1, 0.15) is 5.69 Å². The first-order chi connectivity index (χ1) is 10.2. The minimum absolute atomic E-state index is 0.168. The van der Waals surface area contributed by atoms with Crippen LogP contribution in [0, 0.1) is 0 Å². The molecule has 0 saturated carbocycles. The molecule has 1 aliphatic rings. The minimum Gasteiger partial charge on any atom is -0.501 e. The molecule has 0 atom stereocenters. The van der Waals surface area contributed by atoms with Crippen LogP contribution < -0.4 is 5.56 Å². The zero-order chi connectivity index (χ0) is 14.8. The molecule has 0 bridgehead atoms. The van der Waals surface area contributed by atoms with E-state index in [0.29, 0.717) is 18.8 Å². The Bertz CT molecular complexity index is 721. The number of hydrogen-bond donors (Lipinski definition) is 2. The molecule has 3 heterocycles. The summed E-state index contributed by atoms with van der Waals surface area (Å²) in [5, 5.41) is 9.83. The van der Waals surface area contributed by atoms with E-state index in [2.05, 4.69) is 15.0 Å². The van der Waals surface area contributed by atoms with E-state index in [1.807, 2.05) is 0 Å². The zero-order valence-corrected chi connectivity index (χ0v) is 11.2. The van der Waals surface area contributed by atoms with Crippen LogP contribution in [0.5, 0.6) is 5.75 Å². The number of nitrogens with zero attached hydrogens (tertiary/aromatic N) is 3. The summed E-state index contributed by atoms with van der Waals surface area (Å²) in [5.74, 6) is -0.902. The number of carbonyl (C=O) groups is 1. The molecule has 1 aliphatic heterocycles. The van der Waals surface area contributed by atoms with Crippen LogP contribution in [0.25, 0.3) is 11.5 Å². The molecule has 1 saturated heterocycles. The summed E-state index contributed by atoms with van der Waals surface area (Å²) in [7, 11) is 0. The Labute approximate surface area is 120 Å². The molecule has 2 N–H and O–H groups in total. The van der Waals surface area contributed by atoms with Crippen LogP contribution in [-0.4, -0.2) is 44.0 Å². The van der Waals surface area contributed by atoms with Crippen LogP contribution in [0.15, 0.2) is 29.2 Å². The van der Waals surface area contributed by atoms with E-state index in [0.717, 1.165) is 12.8 Å². The van der Waals surface area contributed by atoms with Crippen LogP contribution in [-0.2, 0) is 0 Å². The number of pyridine rings is 1. The molecular formula is C14H14N4O3. The van der Waals surface area contributed by atoms with Gasteiger partial charge in [0.05, 0.1) is 0 Å². The number of nitrogens with one attached hydrogen (secondary N) is 1. The number of likely N-dealkylation sites (tertiary alicyclic amines) is 1. The number of aromatic nitrogens is 3. The maximum Gasteiger partial charge on any atom is 0.294 e. The molecular weight excluding hydrogens is 272 g/mol. The maximum atomic E-state index is 12.3. The van der Waals surface area contributed by atoms with E-state index < -0.39 is 17.2 Å². The maximum absolute atomic E-state index is 12.3. The van der Waals surface area contributed by atoms with Gasteiger partial charge >= 0.3 is 0 Å². The molecule has 0 unspecified atom stereocenters. The predicted molar refractivity (Wildman–Crippen MR) is 74.9 cm³/mol. The largest absolute Gasteiger partial charge is 0.501 e. The number of hydrogen-bond acceptors (Lipinski definition) is 5. The fraction of sp³-hybridized carbons (Fsp3) is 0.286. The summed E-state index contributed by atoms with van der Waals surface area (Å²) in [6.07, 6.45) is 3.40. The normalized spacial score (nSPS) is 14.4. The second-order valence-corrected chi connectivity index (χ2v) is 4.83. The van der Waals surface area contributed by atoms with Gasteiger partial charge in [-0.1, -0.05) is 6.07 Å². The first-order valence-electron chi connectivity index (χ1n) is 6.71. The van der Waals surface area contributed by atoms with E-state index in [-0.39, 0.29) is 11.5 Å². The number of aromatic hydroxyl groups is 1. The third-order valence-corrected chi connectivity index (χ3v) is 3.40. The van der Waals surface area contributed by atoms with Crippen molar-refractivity contribution in [2.75, 3.05) is 13.1 Å². The Morgan fingerprint density at radius 1 is 1.29 bits per heavy atom. The number of amides is 1. The molecule has 0 aromatic carbocycles. The van der Waals surface area contributed by atoms with Gasteiger partial charge in [-0.2, -0.15) is 0 Å². The third-order valence-electron chi connectivity index (χ3n) is 3.40. The van der Waals surface area contributed by atoms with Gasteiger partial charge in [0.15, 0.2) is 11.5 Å². The van der Waals surface area contributed by atoms with Crippen molar-refractivity contribution in [2.45, 2.75) is 12.8 Å². The summed E-state index contributed by atoms with van der Waals surface area (Å²) in [6, 6.07) is 5.15. The van der Waals surface area contributed by atoms with Crippen molar-refractivity contribution in [3.05, 3.63) is 40.4 Å². The lowest BCUT2D eigenvalue weighted by molar-refractivity contribution is 0.0783. The van der Waals surface area contributed by atoms with Gasteiger partial charge in [-0.25, -0.2) is 4.98 Å². The third kappa shape index (κ3) is 2.49. The second-order valence-electron chi connectivity index (χ2n) is 4.83. The summed E-state index contributed by atoms with van der Waals surface area (Å²) in [6.45, 7) is 1.23. The monoisotopic (exact) mass is 286 g/mol. The summed E-state index contributed by atoms with van der Waals surface area (Å²) in [4.78, 5) is 36.3. The van der Waals surface area contributed by atoms with Gasteiger partial charge in [-0.05, 0) is 25.0 Å². The number of aromatic amines is 1. The number of carbonyl (C=O) groups excluding carboxylic acids is 1. The lowest BCUT2D eigenvalue weighted by Gasteiger charge is -2.15. The molecule has 108 valence electrons. The van der Waals surface area contributed by atoms with Crippen LogP contribution >= 0.6 is 0 Å². The number of H-pyrrole nitrogens is 1. The van der Waals surface area contributed by atoms with Crippen molar-refractivity contribution in [3.63, 3.8) is 0 Å². The van der Waals surface area contributed by atoms with E-state index in [1.165, 1.54) is 0 Å². The van der Waals surface area contributed by atoms with Crippen LogP contribution in [0.3, 0.4) is 0 Å². The molecule has 0 radical (unpaired) electrons. The lowest BCUT2D eigenvalue weighted by atomic mass is 10.3. The van der Waals surface area contributed by atoms with Crippen molar-refractivity contribution < 1.29 is 9.90 Å². The molecule has 21 heavy (non-hydrogen) atoms. The van der Waals surface area contributed by atoms with Crippen molar-refractivity contribution in [1.82, 2.24) is 19.9 Å². The zero-order valence-electron chi connectivity index (χ0n) is 11.2. The van der Waals surface area contributed by atoms with E-state index in [1.54, 1.807) is 29.3 Å². The Morgan fingerprint density at radius 3 is 2.71 bits per heavy atom.